The van der Waals surface area contributed by atoms with Crippen molar-refractivity contribution in [2.75, 3.05) is 31.5 Å². The minimum absolute atomic E-state index is 0.0290. The first-order chi connectivity index (χ1) is 26.7. The van der Waals surface area contributed by atoms with E-state index in [-0.39, 0.29) is 55.1 Å². The summed E-state index contributed by atoms with van der Waals surface area (Å²) in [5.41, 5.74) is 17.2. The van der Waals surface area contributed by atoms with Crippen LogP contribution in [-0.2, 0) is 28.8 Å². The van der Waals surface area contributed by atoms with Gasteiger partial charge in [-0.3, -0.25) is 43.9 Å². The van der Waals surface area contributed by atoms with Gasteiger partial charge in [0.25, 0.3) is 29.3 Å². The maximum absolute atomic E-state index is 14.4. The summed E-state index contributed by atoms with van der Waals surface area (Å²) in [6, 6.07) is 9.28. The minimum Gasteiger partial charge on any atom is -0.374 e. The van der Waals surface area contributed by atoms with E-state index >= 15 is 0 Å². The summed E-state index contributed by atoms with van der Waals surface area (Å²) < 4.78 is 0. The molecule has 1 aliphatic rings. The molecule has 0 aromatic heterocycles. The van der Waals surface area contributed by atoms with Gasteiger partial charge >= 0.3 is 5.97 Å². The number of aliphatic imine (C=N–C) groups is 1. The number of hydrogen-bond donors (Lipinski definition) is 6. The number of hydrogen-bond acceptors (Lipinski definition) is 13. The van der Waals surface area contributed by atoms with E-state index in [0.717, 1.165) is 19.3 Å². The predicted molar refractivity (Wildman–Crippen MR) is 206 cm³/mol. The molecule has 5 amide bonds. The summed E-state index contributed by atoms with van der Waals surface area (Å²) in [7, 11) is 0. The molecule has 1 saturated heterocycles. The van der Waals surface area contributed by atoms with Crippen molar-refractivity contribution < 1.29 is 38.5 Å². The predicted octanol–water partition coefficient (Wildman–Crippen LogP) is 1.32. The van der Waals surface area contributed by atoms with Crippen LogP contribution in [0, 0.1) is 16.0 Å². The highest BCUT2D eigenvalue weighted by molar-refractivity contribution is 6.15. The lowest BCUT2D eigenvalue weighted by Crippen LogP contribution is -2.59. The maximum Gasteiger partial charge on any atom is 0.325 e. The number of nitrogens with one attached hydrogen (secondary N) is 3. The standard InChI is InChI=1S/C37H52N10O9/c1-3-24(2)32(44-33(50)25-11-6-4-7-12-25)36(53)46(30(48)23-42-34(51)28(38)18-19-31(49)56-45-21-8-5-9-22-45)35(52)29(13-10-20-41-37(39)40)43-26-14-16-27(17-15-26)47(54)55/h4,6-7,11-12,14-17,24,28-29,32,43H,3,5,8-10,13,18-23,38H2,1-2H3,(H,42,51)(H,44,50)(H4,39,40,41)/t24-,28-,29-,32-/m0/s1. The maximum atomic E-state index is 14.4. The van der Waals surface area contributed by atoms with Crippen molar-refractivity contribution in [3.63, 3.8) is 0 Å². The number of benzene rings is 2. The van der Waals surface area contributed by atoms with Crippen LogP contribution < -0.4 is 33.2 Å². The Morgan fingerprint density at radius 2 is 1.62 bits per heavy atom. The number of anilines is 1. The van der Waals surface area contributed by atoms with Gasteiger partial charge in [-0.1, -0.05) is 44.9 Å². The van der Waals surface area contributed by atoms with Crippen molar-refractivity contribution >= 4 is 52.8 Å². The summed E-state index contributed by atoms with van der Waals surface area (Å²) in [5.74, 6) is -6.00. The Kier molecular flexibility index (Phi) is 17.8. The summed E-state index contributed by atoms with van der Waals surface area (Å²) in [5, 5.41) is 20.8. The van der Waals surface area contributed by atoms with Gasteiger partial charge < -0.3 is 38.0 Å². The quantitative estimate of drug-likeness (QED) is 0.0363. The number of nitrogens with two attached hydrogens (primary N) is 3. The molecule has 1 aliphatic heterocycles. The molecular formula is C37H52N10O9. The van der Waals surface area contributed by atoms with E-state index in [1.165, 1.54) is 36.4 Å². The number of non-ortho nitro benzene ring substituents is 1. The number of guanidine groups is 1. The number of amides is 5. The van der Waals surface area contributed by atoms with Gasteiger partial charge in [0.05, 0.1) is 17.5 Å². The molecule has 19 nitrogen and oxygen atoms in total. The molecule has 0 spiro atoms. The zero-order valence-electron chi connectivity index (χ0n) is 31.7. The van der Waals surface area contributed by atoms with Crippen LogP contribution in [0.5, 0.6) is 0 Å². The smallest absolute Gasteiger partial charge is 0.325 e. The Morgan fingerprint density at radius 3 is 2.23 bits per heavy atom. The second kappa shape index (κ2) is 22.4. The fourth-order valence-corrected chi connectivity index (χ4v) is 5.71. The van der Waals surface area contributed by atoms with Gasteiger partial charge in [-0.15, -0.1) is 5.06 Å². The number of hydroxylamine groups is 2. The second-order valence-corrected chi connectivity index (χ2v) is 13.4. The topological polar surface area (TPSA) is 288 Å². The Morgan fingerprint density at radius 1 is 0.964 bits per heavy atom. The van der Waals surface area contributed by atoms with Crippen molar-refractivity contribution in [1.29, 1.82) is 0 Å². The number of imide groups is 3. The van der Waals surface area contributed by atoms with Crippen molar-refractivity contribution in [3.05, 3.63) is 70.3 Å². The molecule has 0 saturated carbocycles. The SMILES string of the molecule is CC[C@H](C)[C@H](NC(=O)c1ccccc1)C(=O)N(C(=O)CNC(=O)[C@@H](N)CCC(=O)ON1CCCCC1)C(=O)[C@H](CCCN=C(N)N)Nc1ccc([N+](=O)[O-])cc1. The van der Waals surface area contributed by atoms with Crippen LogP contribution in [-0.4, -0.2) is 101 Å². The van der Waals surface area contributed by atoms with E-state index in [1.54, 1.807) is 37.1 Å². The first-order valence-electron chi connectivity index (χ1n) is 18.5. The third-order valence-corrected chi connectivity index (χ3v) is 9.11. The third kappa shape index (κ3) is 14.0. The molecule has 3 rings (SSSR count). The summed E-state index contributed by atoms with van der Waals surface area (Å²) in [6.07, 6.45) is 3.08. The number of rotatable bonds is 20. The van der Waals surface area contributed by atoms with Gasteiger partial charge in [0.1, 0.15) is 12.1 Å². The van der Waals surface area contributed by atoms with Gasteiger partial charge in [0, 0.05) is 49.4 Å². The zero-order chi connectivity index (χ0) is 41.2. The average Bonchev–Trinajstić information content (AvgIpc) is 3.19. The van der Waals surface area contributed by atoms with Gasteiger partial charge in [0.15, 0.2) is 5.96 Å². The zero-order valence-corrected chi connectivity index (χ0v) is 31.7. The molecular weight excluding hydrogens is 728 g/mol. The molecule has 1 heterocycles. The Labute approximate surface area is 324 Å². The number of nitro benzene ring substituents is 1. The van der Waals surface area contributed by atoms with Gasteiger partial charge in [-0.2, -0.15) is 0 Å². The van der Waals surface area contributed by atoms with E-state index in [2.05, 4.69) is 20.9 Å². The normalized spacial score (nSPS) is 14.8. The molecule has 0 radical (unpaired) electrons. The van der Waals surface area contributed by atoms with Crippen molar-refractivity contribution in [1.82, 2.24) is 20.6 Å². The Bertz CT molecular complexity index is 1700. The van der Waals surface area contributed by atoms with Crippen molar-refractivity contribution in [3.8, 4) is 0 Å². The van der Waals surface area contributed by atoms with Crippen LogP contribution >= 0.6 is 0 Å². The molecule has 4 atom stereocenters. The fraction of sp³-hybridized carbons (Fsp3) is 0.486. The highest BCUT2D eigenvalue weighted by atomic mass is 16.7. The number of carbonyl (C=O) groups is 6. The molecule has 0 bridgehead atoms. The van der Waals surface area contributed by atoms with Crippen LogP contribution in [0.25, 0.3) is 0 Å². The summed E-state index contributed by atoms with van der Waals surface area (Å²) in [4.78, 5) is 102. The highest BCUT2D eigenvalue weighted by Gasteiger charge is 2.40. The van der Waals surface area contributed by atoms with E-state index in [9.17, 15) is 38.9 Å². The van der Waals surface area contributed by atoms with Crippen LogP contribution in [0.15, 0.2) is 59.6 Å². The van der Waals surface area contributed by atoms with E-state index < -0.39 is 71.0 Å². The lowest BCUT2D eigenvalue weighted by molar-refractivity contribution is -0.384. The number of nitro groups is 1. The monoisotopic (exact) mass is 780 g/mol. The molecule has 0 aliphatic carbocycles. The minimum atomic E-state index is -1.37. The Balaban J connectivity index is 1.88. The highest BCUT2D eigenvalue weighted by Crippen LogP contribution is 2.20. The van der Waals surface area contributed by atoms with Crippen LogP contribution in [0.2, 0.25) is 0 Å². The van der Waals surface area contributed by atoms with Crippen molar-refractivity contribution in [2.45, 2.75) is 83.3 Å². The number of nitrogens with zero attached hydrogens (tertiary/aromatic N) is 4. The van der Waals surface area contributed by atoms with E-state index in [1.807, 2.05) is 0 Å². The van der Waals surface area contributed by atoms with E-state index in [4.69, 9.17) is 22.0 Å². The van der Waals surface area contributed by atoms with E-state index in [0.29, 0.717) is 24.4 Å². The van der Waals surface area contributed by atoms with Gasteiger partial charge in [-0.25, -0.2) is 4.90 Å². The summed E-state index contributed by atoms with van der Waals surface area (Å²) >= 11 is 0. The second-order valence-electron chi connectivity index (χ2n) is 13.4. The van der Waals surface area contributed by atoms with Gasteiger partial charge in [0.2, 0.25) is 5.91 Å². The van der Waals surface area contributed by atoms with Crippen molar-refractivity contribution in [2.24, 2.45) is 28.1 Å². The first kappa shape index (κ1) is 44.4. The molecule has 2 aromatic rings. The largest absolute Gasteiger partial charge is 0.374 e. The molecule has 56 heavy (non-hydrogen) atoms. The fourth-order valence-electron chi connectivity index (χ4n) is 5.71. The molecule has 19 heteroatoms. The van der Waals surface area contributed by atoms with Crippen LogP contribution in [0.1, 0.15) is 75.6 Å². The third-order valence-electron chi connectivity index (χ3n) is 9.11. The average molecular weight is 781 g/mol. The molecule has 2 aromatic carbocycles. The molecule has 1 fully saturated rings. The lowest BCUT2D eigenvalue weighted by Gasteiger charge is -2.31. The summed E-state index contributed by atoms with van der Waals surface area (Å²) in [6.45, 7) is 3.89. The number of piperidine rings is 1. The van der Waals surface area contributed by atoms with Crippen LogP contribution in [0.4, 0.5) is 11.4 Å². The lowest BCUT2D eigenvalue weighted by atomic mass is 9.96. The van der Waals surface area contributed by atoms with Crippen LogP contribution in [0.3, 0.4) is 0 Å². The Hall–Kier alpha value is -5.95. The number of carbonyl (C=O) groups excluding carboxylic acids is 6. The molecule has 0 unspecified atom stereocenters. The molecule has 9 N–H and O–H groups in total. The first-order valence-corrected chi connectivity index (χ1v) is 18.5. The molecule has 304 valence electrons. The van der Waals surface area contributed by atoms with Gasteiger partial charge in [-0.05, 0) is 62.3 Å².